The van der Waals surface area contributed by atoms with Gasteiger partial charge in [0.15, 0.2) is 0 Å². The van der Waals surface area contributed by atoms with Gasteiger partial charge in [-0.05, 0) is 28.6 Å². The molecule has 0 aliphatic carbocycles. The van der Waals surface area contributed by atoms with Crippen LogP contribution in [0.1, 0.15) is 4.88 Å². The van der Waals surface area contributed by atoms with Crippen LogP contribution in [0.15, 0.2) is 47.4 Å². The SMILES string of the molecule is CN1C(=O)C(=Cc2cc(-c3ccccc3)cs2)C(=O)N(C)C1=O. The molecular weight excluding hydrogens is 312 g/mol. The van der Waals surface area contributed by atoms with Crippen LogP contribution >= 0.6 is 11.3 Å². The summed E-state index contributed by atoms with van der Waals surface area (Å²) in [6, 6.07) is 11.1. The van der Waals surface area contributed by atoms with Gasteiger partial charge in [-0.25, -0.2) is 4.79 Å². The first-order valence-electron chi connectivity index (χ1n) is 6.95. The van der Waals surface area contributed by atoms with Crippen LogP contribution in [0, 0.1) is 0 Å². The maximum atomic E-state index is 12.2. The van der Waals surface area contributed by atoms with Crippen LogP contribution in [-0.4, -0.2) is 41.7 Å². The van der Waals surface area contributed by atoms with E-state index in [1.54, 1.807) is 6.08 Å². The summed E-state index contributed by atoms with van der Waals surface area (Å²) in [7, 11) is 2.73. The van der Waals surface area contributed by atoms with E-state index in [1.165, 1.54) is 25.4 Å². The molecule has 1 fully saturated rings. The van der Waals surface area contributed by atoms with E-state index >= 15 is 0 Å². The summed E-state index contributed by atoms with van der Waals surface area (Å²) in [5.74, 6) is -1.15. The zero-order valence-electron chi connectivity index (χ0n) is 12.6. The molecule has 2 heterocycles. The van der Waals surface area contributed by atoms with E-state index in [-0.39, 0.29) is 5.57 Å². The molecule has 0 radical (unpaired) electrons. The summed E-state index contributed by atoms with van der Waals surface area (Å²) in [6.45, 7) is 0. The Morgan fingerprint density at radius 1 is 0.913 bits per heavy atom. The van der Waals surface area contributed by atoms with Crippen molar-refractivity contribution in [2.45, 2.75) is 0 Å². The van der Waals surface area contributed by atoms with Gasteiger partial charge in [-0.3, -0.25) is 19.4 Å². The number of carbonyl (C=O) groups is 3. The number of hydrogen-bond acceptors (Lipinski definition) is 4. The van der Waals surface area contributed by atoms with Crippen LogP contribution in [0.25, 0.3) is 17.2 Å². The second-order valence-electron chi connectivity index (χ2n) is 5.17. The third-order valence-electron chi connectivity index (χ3n) is 3.66. The van der Waals surface area contributed by atoms with Crippen LogP contribution in [0.2, 0.25) is 0 Å². The molecule has 0 unspecified atom stereocenters. The minimum Gasteiger partial charge on any atom is -0.268 e. The molecular formula is C17H14N2O3S. The van der Waals surface area contributed by atoms with Gasteiger partial charge in [0.05, 0.1) is 0 Å². The van der Waals surface area contributed by atoms with Gasteiger partial charge in [0, 0.05) is 19.0 Å². The molecule has 1 saturated heterocycles. The maximum absolute atomic E-state index is 12.2. The predicted octanol–water partition coefficient (Wildman–Crippen LogP) is 2.85. The Hall–Kier alpha value is -2.73. The van der Waals surface area contributed by atoms with Crippen molar-refractivity contribution in [2.75, 3.05) is 14.1 Å². The van der Waals surface area contributed by atoms with Crippen molar-refractivity contribution >= 4 is 35.3 Å². The standard InChI is InChI=1S/C17H14N2O3S/c1-18-15(20)14(16(21)19(2)17(18)22)9-13-8-12(10-23-13)11-6-4-3-5-7-11/h3-10H,1-2H3. The highest BCUT2D eigenvalue weighted by Crippen LogP contribution is 2.28. The number of imide groups is 2. The van der Waals surface area contributed by atoms with E-state index in [0.717, 1.165) is 25.8 Å². The highest BCUT2D eigenvalue weighted by molar-refractivity contribution is 7.11. The minimum absolute atomic E-state index is 0.00365. The Kier molecular flexibility index (Phi) is 3.83. The largest absolute Gasteiger partial charge is 0.333 e. The zero-order valence-corrected chi connectivity index (χ0v) is 13.5. The monoisotopic (exact) mass is 326 g/mol. The Labute approximate surface area is 137 Å². The Morgan fingerprint density at radius 3 is 2.13 bits per heavy atom. The molecule has 23 heavy (non-hydrogen) atoms. The molecule has 1 aromatic carbocycles. The van der Waals surface area contributed by atoms with Crippen molar-refractivity contribution in [2.24, 2.45) is 0 Å². The lowest BCUT2D eigenvalue weighted by atomic mass is 10.1. The van der Waals surface area contributed by atoms with Gasteiger partial charge < -0.3 is 0 Å². The normalized spacial score (nSPS) is 15.4. The van der Waals surface area contributed by atoms with Gasteiger partial charge in [0.25, 0.3) is 11.8 Å². The van der Waals surface area contributed by atoms with Crippen molar-refractivity contribution in [3.8, 4) is 11.1 Å². The lowest BCUT2D eigenvalue weighted by Crippen LogP contribution is -2.52. The molecule has 1 aliphatic rings. The van der Waals surface area contributed by atoms with E-state index in [1.807, 2.05) is 41.8 Å². The molecule has 0 spiro atoms. The van der Waals surface area contributed by atoms with Crippen molar-refractivity contribution in [1.29, 1.82) is 0 Å². The minimum atomic E-state index is -0.617. The quantitative estimate of drug-likeness (QED) is 0.630. The fourth-order valence-corrected chi connectivity index (χ4v) is 3.18. The second-order valence-corrected chi connectivity index (χ2v) is 6.12. The molecule has 3 rings (SSSR count). The first-order valence-corrected chi connectivity index (χ1v) is 7.82. The first-order chi connectivity index (χ1) is 11.0. The van der Waals surface area contributed by atoms with Crippen molar-refractivity contribution in [3.63, 3.8) is 0 Å². The van der Waals surface area contributed by atoms with Gasteiger partial charge >= 0.3 is 6.03 Å². The van der Waals surface area contributed by atoms with Gasteiger partial charge in [-0.2, -0.15) is 0 Å². The Morgan fingerprint density at radius 2 is 1.52 bits per heavy atom. The molecule has 0 N–H and O–H groups in total. The predicted molar refractivity (Wildman–Crippen MR) is 88.7 cm³/mol. The number of urea groups is 1. The van der Waals surface area contributed by atoms with Crippen molar-refractivity contribution < 1.29 is 14.4 Å². The van der Waals surface area contributed by atoms with Gasteiger partial charge in [0.2, 0.25) is 0 Å². The summed E-state index contributed by atoms with van der Waals surface area (Å²) in [4.78, 5) is 38.7. The molecule has 1 aromatic heterocycles. The molecule has 6 heteroatoms. The van der Waals surface area contributed by atoms with Crippen molar-refractivity contribution in [1.82, 2.24) is 9.80 Å². The van der Waals surface area contributed by atoms with Crippen LogP contribution in [0.5, 0.6) is 0 Å². The van der Waals surface area contributed by atoms with E-state index in [0.29, 0.717) is 0 Å². The molecule has 0 atom stereocenters. The molecule has 116 valence electrons. The average Bonchev–Trinajstić information content (AvgIpc) is 3.05. The smallest absolute Gasteiger partial charge is 0.268 e. The molecule has 2 aromatic rings. The number of amides is 4. The Bertz CT molecular complexity index is 797. The van der Waals surface area contributed by atoms with Crippen LogP contribution < -0.4 is 0 Å². The van der Waals surface area contributed by atoms with Crippen LogP contribution in [0.3, 0.4) is 0 Å². The van der Waals surface area contributed by atoms with Gasteiger partial charge in [-0.15, -0.1) is 11.3 Å². The number of rotatable bonds is 2. The number of likely N-dealkylation sites (N-methyl/N-ethyl adjacent to an activating group) is 2. The zero-order chi connectivity index (χ0) is 16.6. The lowest BCUT2D eigenvalue weighted by molar-refractivity contribution is -0.134. The summed E-state index contributed by atoms with van der Waals surface area (Å²) in [6.07, 6.45) is 1.54. The molecule has 4 amide bonds. The van der Waals surface area contributed by atoms with Crippen LogP contribution in [0.4, 0.5) is 4.79 Å². The highest BCUT2D eigenvalue weighted by Gasteiger charge is 2.37. The number of thiophene rings is 1. The van der Waals surface area contributed by atoms with E-state index in [4.69, 9.17) is 0 Å². The number of barbiturate groups is 1. The topological polar surface area (TPSA) is 57.7 Å². The first kappa shape index (κ1) is 15.2. The van der Waals surface area contributed by atoms with Crippen molar-refractivity contribution in [3.05, 3.63) is 52.2 Å². The van der Waals surface area contributed by atoms with E-state index in [9.17, 15) is 14.4 Å². The van der Waals surface area contributed by atoms with Crippen LogP contribution in [-0.2, 0) is 9.59 Å². The molecule has 0 saturated carbocycles. The fourth-order valence-electron chi connectivity index (χ4n) is 2.33. The highest BCUT2D eigenvalue weighted by atomic mass is 32.1. The van der Waals surface area contributed by atoms with E-state index in [2.05, 4.69) is 0 Å². The van der Waals surface area contributed by atoms with Gasteiger partial charge in [0.1, 0.15) is 5.57 Å². The lowest BCUT2D eigenvalue weighted by Gasteiger charge is -2.28. The number of nitrogens with zero attached hydrogens (tertiary/aromatic N) is 2. The Balaban J connectivity index is 1.95. The molecule has 5 nitrogen and oxygen atoms in total. The molecule has 1 aliphatic heterocycles. The summed E-state index contributed by atoms with van der Waals surface area (Å²) in [5, 5.41) is 1.97. The third kappa shape index (κ3) is 2.68. The number of hydrogen-bond donors (Lipinski definition) is 0. The van der Waals surface area contributed by atoms with Gasteiger partial charge in [-0.1, -0.05) is 30.3 Å². The summed E-state index contributed by atoms with van der Waals surface area (Å²) >= 11 is 1.44. The molecule has 0 bridgehead atoms. The average molecular weight is 326 g/mol. The number of benzene rings is 1. The summed E-state index contributed by atoms with van der Waals surface area (Å²) in [5.41, 5.74) is 2.09. The second kappa shape index (κ2) is 5.81. The van der Waals surface area contributed by atoms with E-state index < -0.39 is 17.8 Å². The number of carbonyl (C=O) groups excluding carboxylic acids is 3. The maximum Gasteiger partial charge on any atom is 0.333 e. The third-order valence-corrected chi connectivity index (χ3v) is 4.54. The fraction of sp³-hybridized carbons (Fsp3) is 0.118. The summed E-state index contributed by atoms with van der Waals surface area (Å²) < 4.78 is 0.